The van der Waals surface area contributed by atoms with Crippen LogP contribution in [-0.2, 0) is 23.0 Å². The van der Waals surface area contributed by atoms with Crippen LogP contribution in [0.5, 0.6) is 5.75 Å². The van der Waals surface area contributed by atoms with E-state index in [0.717, 1.165) is 104 Å². The fourth-order valence-corrected chi connectivity index (χ4v) is 5.95. The molecule has 3 aromatic rings. The van der Waals surface area contributed by atoms with Crippen LogP contribution < -0.4 is 15.8 Å². The highest BCUT2D eigenvalue weighted by atomic mass is 16.5. The molecule has 1 spiro atoms. The van der Waals surface area contributed by atoms with Gasteiger partial charge in [0.1, 0.15) is 12.4 Å². The van der Waals surface area contributed by atoms with Crippen LogP contribution in [-0.4, -0.2) is 66.8 Å². The van der Waals surface area contributed by atoms with E-state index in [0.29, 0.717) is 18.0 Å². The number of rotatable bonds is 5. The fraction of sp³-hybridized carbons (Fsp3) is 0.429. The summed E-state index contributed by atoms with van der Waals surface area (Å²) in [5, 5.41) is 3.13. The van der Waals surface area contributed by atoms with Crippen LogP contribution in [0.25, 0.3) is 22.5 Å². The monoisotopic (exact) mass is 485 g/mol. The van der Waals surface area contributed by atoms with Gasteiger partial charge in [-0.3, -0.25) is 14.7 Å². The topological polar surface area (TPSA) is 106 Å². The van der Waals surface area contributed by atoms with Gasteiger partial charge in [-0.25, -0.2) is 0 Å². The number of pyridine rings is 1. The summed E-state index contributed by atoms with van der Waals surface area (Å²) in [6.07, 6.45) is 5.99. The first-order valence-electron chi connectivity index (χ1n) is 13.0. The van der Waals surface area contributed by atoms with Gasteiger partial charge in [-0.05, 0) is 61.1 Å². The second-order valence-corrected chi connectivity index (χ2v) is 10.5. The molecule has 1 amide bonds. The van der Waals surface area contributed by atoms with E-state index in [9.17, 15) is 4.79 Å². The molecule has 0 unspecified atom stereocenters. The van der Waals surface area contributed by atoms with Crippen LogP contribution >= 0.6 is 0 Å². The molecular formula is C28H31N5O3. The Balaban J connectivity index is 1.15. The third kappa shape index (κ3) is 3.59. The molecule has 8 nitrogen and oxygen atoms in total. The lowest BCUT2D eigenvalue weighted by Gasteiger charge is -2.26. The van der Waals surface area contributed by atoms with Crippen molar-refractivity contribution in [2.45, 2.75) is 31.1 Å². The standard InChI is InChI=1S/C28H31N5O3/c29-21-13-17(2-4-23(21)36-12-9-33-7-10-35-11-8-33)22-14-20-18(15-30-22)1-3-19-24-26(32-25(19)20)28(5-6-28)16-31-27(24)34/h2,4,13-15,32H,1,3,5-12,16,29H2,(H,31,34). The minimum absolute atomic E-state index is 0.0646. The summed E-state index contributed by atoms with van der Waals surface area (Å²) in [6.45, 7) is 5.65. The Morgan fingerprint density at radius 3 is 2.83 bits per heavy atom. The number of anilines is 1. The van der Waals surface area contributed by atoms with Crippen molar-refractivity contribution in [3.8, 4) is 28.3 Å². The lowest BCUT2D eigenvalue weighted by Crippen LogP contribution is -2.39. The summed E-state index contributed by atoms with van der Waals surface area (Å²) < 4.78 is 11.4. The zero-order valence-corrected chi connectivity index (χ0v) is 20.4. The van der Waals surface area contributed by atoms with Crippen LogP contribution in [0.2, 0.25) is 0 Å². The first-order valence-corrected chi connectivity index (χ1v) is 13.0. The highest BCUT2D eigenvalue weighted by Crippen LogP contribution is 2.52. The molecule has 36 heavy (non-hydrogen) atoms. The Kier molecular flexibility index (Phi) is 5.08. The van der Waals surface area contributed by atoms with Crippen LogP contribution in [0.4, 0.5) is 5.69 Å². The minimum atomic E-state index is 0.0646. The normalized spacial score (nSPS) is 19.8. The Bertz CT molecular complexity index is 1350. The van der Waals surface area contributed by atoms with Crippen molar-refractivity contribution in [3.63, 3.8) is 0 Å². The fourth-order valence-electron chi connectivity index (χ4n) is 5.95. The molecule has 8 heteroatoms. The third-order valence-corrected chi connectivity index (χ3v) is 8.28. The predicted octanol–water partition coefficient (Wildman–Crippen LogP) is 2.91. The van der Waals surface area contributed by atoms with Gasteiger partial charge in [-0.15, -0.1) is 0 Å². The lowest BCUT2D eigenvalue weighted by molar-refractivity contribution is 0.0323. The van der Waals surface area contributed by atoms with E-state index in [1.807, 2.05) is 24.4 Å². The highest BCUT2D eigenvalue weighted by Gasteiger charge is 2.51. The molecule has 1 saturated carbocycles. The van der Waals surface area contributed by atoms with Crippen LogP contribution in [0.3, 0.4) is 0 Å². The number of carbonyl (C=O) groups excluding carboxylic acids is 1. The molecule has 0 radical (unpaired) electrons. The van der Waals surface area contributed by atoms with E-state index in [1.165, 1.54) is 5.56 Å². The number of ether oxygens (including phenoxy) is 2. The Morgan fingerprint density at radius 2 is 2.03 bits per heavy atom. The number of H-pyrrole nitrogens is 1. The number of benzene rings is 1. The molecule has 1 aromatic carbocycles. The summed E-state index contributed by atoms with van der Waals surface area (Å²) in [4.78, 5) is 23.6. The maximum Gasteiger partial charge on any atom is 0.253 e. The minimum Gasteiger partial charge on any atom is -0.490 e. The molecule has 4 heterocycles. The smallest absolute Gasteiger partial charge is 0.253 e. The average molecular weight is 486 g/mol. The highest BCUT2D eigenvalue weighted by molar-refractivity contribution is 6.01. The number of morpholine rings is 1. The number of amides is 1. The van der Waals surface area contributed by atoms with Gasteiger partial charge >= 0.3 is 0 Å². The zero-order valence-electron chi connectivity index (χ0n) is 20.4. The van der Waals surface area contributed by atoms with Gasteiger partial charge in [-0.1, -0.05) is 0 Å². The number of fused-ring (bicyclic) bond motifs is 6. The van der Waals surface area contributed by atoms with Crippen molar-refractivity contribution >= 4 is 11.6 Å². The maximum atomic E-state index is 12.8. The number of nitrogen functional groups attached to an aromatic ring is 1. The molecule has 2 aliphatic carbocycles. The van der Waals surface area contributed by atoms with Crippen molar-refractivity contribution in [2.24, 2.45) is 0 Å². The maximum absolute atomic E-state index is 12.8. The molecule has 186 valence electrons. The third-order valence-electron chi connectivity index (χ3n) is 8.28. The quantitative estimate of drug-likeness (QED) is 0.480. The average Bonchev–Trinajstić information content (AvgIpc) is 3.57. The van der Waals surface area contributed by atoms with E-state index in [1.54, 1.807) is 0 Å². The molecule has 2 aliphatic heterocycles. The summed E-state index contributed by atoms with van der Waals surface area (Å²) in [5.41, 5.74) is 15.5. The number of aromatic nitrogens is 2. The van der Waals surface area contributed by atoms with Gasteiger partial charge in [0, 0.05) is 54.6 Å². The zero-order chi connectivity index (χ0) is 24.3. The Morgan fingerprint density at radius 1 is 1.17 bits per heavy atom. The van der Waals surface area contributed by atoms with Crippen molar-refractivity contribution < 1.29 is 14.3 Å². The molecule has 0 bridgehead atoms. The molecule has 1 saturated heterocycles. The van der Waals surface area contributed by atoms with Crippen LogP contribution in [0.1, 0.15) is 40.0 Å². The van der Waals surface area contributed by atoms with Gasteiger partial charge in [0.15, 0.2) is 0 Å². The summed E-state index contributed by atoms with van der Waals surface area (Å²) in [6, 6.07) is 8.03. The van der Waals surface area contributed by atoms with Crippen molar-refractivity contribution in [3.05, 3.63) is 52.8 Å². The number of hydrogen-bond donors (Lipinski definition) is 3. The van der Waals surface area contributed by atoms with E-state index >= 15 is 0 Å². The number of hydrogen-bond acceptors (Lipinski definition) is 6. The second-order valence-electron chi connectivity index (χ2n) is 10.5. The summed E-state index contributed by atoms with van der Waals surface area (Å²) in [7, 11) is 0. The van der Waals surface area contributed by atoms with Gasteiger partial charge < -0.3 is 25.5 Å². The molecular weight excluding hydrogens is 454 g/mol. The number of carbonyl (C=O) groups is 1. The van der Waals surface area contributed by atoms with Crippen LogP contribution in [0, 0.1) is 0 Å². The van der Waals surface area contributed by atoms with Gasteiger partial charge in [0.05, 0.1) is 35.9 Å². The second kappa shape index (κ2) is 8.35. The SMILES string of the molecule is Nc1cc(-c2cc3c(cn2)CCc2c-3[nH]c3c2C(=O)NCC32CC2)ccc1OCCN1CCOCC1. The van der Waals surface area contributed by atoms with Gasteiger partial charge in [-0.2, -0.15) is 0 Å². The first kappa shape index (κ1) is 21.9. The van der Waals surface area contributed by atoms with Crippen molar-refractivity contribution in [1.82, 2.24) is 20.2 Å². The number of aryl methyl sites for hydroxylation is 1. The van der Waals surface area contributed by atoms with E-state index in [4.69, 9.17) is 20.2 Å². The molecule has 7 rings (SSSR count). The molecule has 4 aliphatic rings. The number of nitrogens with zero attached hydrogens (tertiary/aromatic N) is 2. The number of nitrogens with two attached hydrogens (primary N) is 1. The molecule has 0 atom stereocenters. The number of nitrogens with one attached hydrogen (secondary N) is 2. The molecule has 2 fully saturated rings. The summed E-state index contributed by atoms with van der Waals surface area (Å²) in [5.74, 6) is 0.764. The Labute approximate surface area is 210 Å². The molecule has 2 aromatic heterocycles. The van der Waals surface area contributed by atoms with E-state index in [2.05, 4.69) is 21.3 Å². The Hall–Kier alpha value is -3.36. The van der Waals surface area contributed by atoms with Crippen molar-refractivity contribution in [2.75, 3.05) is 51.7 Å². The van der Waals surface area contributed by atoms with Crippen LogP contribution in [0.15, 0.2) is 30.5 Å². The van der Waals surface area contributed by atoms with E-state index < -0.39 is 0 Å². The lowest BCUT2D eigenvalue weighted by atomic mass is 9.86. The summed E-state index contributed by atoms with van der Waals surface area (Å²) >= 11 is 0. The number of aromatic amines is 1. The largest absolute Gasteiger partial charge is 0.490 e. The van der Waals surface area contributed by atoms with Gasteiger partial charge in [0.2, 0.25) is 0 Å². The first-order chi connectivity index (χ1) is 17.6. The van der Waals surface area contributed by atoms with Crippen molar-refractivity contribution in [1.29, 1.82) is 0 Å². The van der Waals surface area contributed by atoms with E-state index in [-0.39, 0.29) is 11.3 Å². The molecule has 4 N–H and O–H groups in total. The predicted molar refractivity (Wildman–Crippen MR) is 137 cm³/mol. The van der Waals surface area contributed by atoms with Gasteiger partial charge in [0.25, 0.3) is 5.91 Å².